The third kappa shape index (κ3) is 3.29. The average molecular weight is 348 g/mol. The zero-order valence-corrected chi connectivity index (χ0v) is 14.1. The van der Waals surface area contributed by atoms with E-state index < -0.39 is 0 Å². The van der Waals surface area contributed by atoms with Gasteiger partial charge in [0.15, 0.2) is 5.82 Å². The highest BCUT2D eigenvalue weighted by Crippen LogP contribution is 2.28. The smallest absolute Gasteiger partial charge is 0.317 e. The number of nitrogens with zero attached hydrogens (tertiary/aromatic N) is 3. The monoisotopic (exact) mass is 348 g/mol. The Balaban J connectivity index is 1.32. The lowest BCUT2D eigenvalue weighted by atomic mass is 10.1. The van der Waals surface area contributed by atoms with Crippen molar-refractivity contribution in [2.75, 3.05) is 26.2 Å². The molecule has 2 fully saturated rings. The number of amides is 2. The van der Waals surface area contributed by atoms with Gasteiger partial charge < -0.3 is 19.5 Å². The van der Waals surface area contributed by atoms with Gasteiger partial charge in [-0.1, -0.05) is 11.2 Å². The van der Waals surface area contributed by atoms with Gasteiger partial charge in [-0.2, -0.15) is 4.98 Å². The van der Waals surface area contributed by atoms with Crippen LogP contribution in [-0.4, -0.2) is 53.4 Å². The van der Waals surface area contributed by atoms with Crippen LogP contribution in [0.4, 0.5) is 4.79 Å². The summed E-state index contributed by atoms with van der Waals surface area (Å²) in [6.07, 6.45) is 3.13. The number of ether oxygens (including phenoxy) is 1. The van der Waals surface area contributed by atoms with Gasteiger partial charge in [-0.15, -0.1) is 11.3 Å². The van der Waals surface area contributed by atoms with Gasteiger partial charge in [0.1, 0.15) is 0 Å². The van der Waals surface area contributed by atoms with E-state index in [-0.39, 0.29) is 18.1 Å². The summed E-state index contributed by atoms with van der Waals surface area (Å²) >= 11 is 1.57. The number of hydrogen-bond acceptors (Lipinski definition) is 6. The maximum Gasteiger partial charge on any atom is 0.317 e. The molecule has 2 aliphatic heterocycles. The standard InChI is InChI=1S/C16H20N4O3S/c21-16(17-9-12-3-1-7-22-12)20-6-5-11(10-20)14-18-15(23-19-14)13-4-2-8-24-13/h2,4,8,11-12H,1,3,5-7,9-10H2,(H,17,21)/t11-,12+/m1/s1. The number of nitrogens with one attached hydrogen (secondary N) is 1. The molecule has 8 heteroatoms. The van der Waals surface area contributed by atoms with E-state index >= 15 is 0 Å². The Morgan fingerprint density at radius 2 is 2.42 bits per heavy atom. The van der Waals surface area contributed by atoms with E-state index in [1.165, 1.54) is 0 Å². The number of likely N-dealkylation sites (tertiary alicyclic amines) is 1. The molecule has 2 aromatic heterocycles. The van der Waals surface area contributed by atoms with Gasteiger partial charge in [0.2, 0.25) is 0 Å². The SMILES string of the molecule is O=C(NC[C@@H]1CCCO1)N1CC[C@@H](c2noc(-c3cccs3)n2)C1. The summed E-state index contributed by atoms with van der Waals surface area (Å²) in [5.41, 5.74) is 0. The van der Waals surface area contributed by atoms with Crippen LogP contribution in [0.3, 0.4) is 0 Å². The quantitative estimate of drug-likeness (QED) is 0.918. The van der Waals surface area contributed by atoms with Crippen LogP contribution in [-0.2, 0) is 4.74 Å². The van der Waals surface area contributed by atoms with Crippen molar-refractivity contribution < 1.29 is 14.1 Å². The van der Waals surface area contributed by atoms with Crippen LogP contribution in [0.1, 0.15) is 31.0 Å². The fourth-order valence-electron chi connectivity index (χ4n) is 3.17. The number of rotatable bonds is 4. The molecule has 128 valence electrons. The minimum absolute atomic E-state index is 0.0324. The lowest BCUT2D eigenvalue weighted by molar-refractivity contribution is 0.109. The molecule has 2 aliphatic rings. The van der Waals surface area contributed by atoms with E-state index in [1.54, 1.807) is 11.3 Å². The van der Waals surface area contributed by atoms with Gasteiger partial charge in [0.05, 0.1) is 11.0 Å². The molecule has 1 N–H and O–H groups in total. The molecule has 2 amide bonds. The predicted octanol–water partition coefficient (Wildman–Crippen LogP) is 2.48. The van der Waals surface area contributed by atoms with Crippen molar-refractivity contribution in [2.24, 2.45) is 0 Å². The van der Waals surface area contributed by atoms with E-state index in [9.17, 15) is 4.79 Å². The predicted molar refractivity (Wildman–Crippen MR) is 88.9 cm³/mol. The zero-order chi connectivity index (χ0) is 16.4. The molecule has 4 rings (SSSR count). The highest BCUT2D eigenvalue weighted by molar-refractivity contribution is 7.13. The molecule has 0 bridgehead atoms. The molecule has 0 radical (unpaired) electrons. The number of thiophene rings is 1. The van der Waals surface area contributed by atoms with Crippen molar-refractivity contribution in [3.63, 3.8) is 0 Å². The molecule has 0 spiro atoms. The first kappa shape index (κ1) is 15.6. The second kappa shape index (κ2) is 6.90. The first-order valence-electron chi connectivity index (χ1n) is 8.31. The summed E-state index contributed by atoms with van der Waals surface area (Å²) in [6, 6.07) is 3.89. The third-order valence-corrected chi connectivity index (χ3v) is 5.38. The molecule has 2 aromatic rings. The van der Waals surface area contributed by atoms with Crippen LogP contribution < -0.4 is 5.32 Å². The van der Waals surface area contributed by atoms with Crippen LogP contribution in [0.15, 0.2) is 22.0 Å². The van der Waals surface area contributed by atoms with Gasteiger partial charge in [-0.3, -0.25) is 0 Å². The van der Waals surface area contributed by atoms with Crippen LogP contribution in [0.25, 0.3) is 10.8 Å². The molecule has 7 nitrogen and oxygen atoms in total. The Morgan fingerprint density at radius 1 is 1.46 bits per heavy atom. The van der Waals surface area contributed by atoms with Crippen LogP contribution in [0.5, 0.6) is 0 Å². The number of urea groups is 1. The summed E-state index contributed by atoms with van der Waals surface area (Å²) in [5.74, 6) is 1.38. The van der Waals surface area contributed by atoms with Crippen molar-refractivity contribution in [2.45, 2.75) is 31.3 Å². The number of carbonyl (C=O) groups excluding carboxylic acids is 1. The molecule has 0 aliphatic carbocycles. The molecule has 2 saturated heterocycles. The molecule has 2 atom stereocenters. The largest absolute Gasteiger partial charge is 0.376 e. The lowest BCUT2D eigenvalue weighted by Gasteiger charge is -2.18. The molecule has 0 saturated carbocycles. The Hall–Kier alpha value is -1.93. The second-order valence-electron chi connectivity index (χ2n) is 6.19. The highest BCUT2D eigenvalue weighted by Gasteiger charge is 2.31. The highest BCUT2D eigenvalue weighted by atomic mass is 32.1. The minimum Gasteiger partial charge on any atom is -0.376 e. The second-order valence-corrected chi connectivity index (χ2v) is 7.14. The maximum atomic E-state index is 12.3. The summed E-state index contributed by atoms with van der Waals surface area (Å²) < 4.78 is 10.9. The fraction of sp³-hybridized carbons (Fsp3) is 0.562. The van der Waals surface area contributed by atoms with E-state index in [2.05, 4.69) is 15.5 Å². The molecular weight excluding hydrogens is 328 g/mol. The van der Waals surface area contributed by atoms with Crippen molar-refractivity contribution in [1.29, 1.82) is 0 Å². The molecule has 0 aromatic carbocycles. The van der Waals surface area contributed by atoms with Crippen molar-refractivity contribution in [3.05, 3.63) is 23.3 Å². The van der Waals surface area contributed by atoms with Gasteiger partial charge in [0.25, 0.3) is 5.89 Å². The topological polar surface area (TPSA) is 80.5 Å². The van der Waals surface area contributed by atoms with Gasteiger partial charge in [-0.25, -0.2) is 4.79 Å². The zero-order valence-electron chi connectivity index (χ0n) is 13.3. The van der Waals surface area contributed by atoms with E-state index in [4.69, 9.17) is 9.26 Å². The third-order valence-electron chi connectivity index (χ3n) is 4.52. The lowest BCUT2D eigenvalue weighted by Crippen LogP contribution is -2.41. The molecule has 4 heterocycles. The van der Waals surface area contributed by atoms with E-state index in [0.29, 0.717) is 31.3 Å². The first-order valence-corrected chi connectivity index (χ1v) is 9.19. The van der Waals surface area contributed by atoms with Gasteiger partial charge >= 0.3 is 6.03 Å². The number of carbonyl (C=O) groups is 1. The summed E-state index contributed by atoms with van der Waals surface area (Å²) in [6.45, 7) is 2.73. The maximum absolute atomic E-state index is 12.3. The average Bonchev–Trinajstić information content (AvgIpc) is 3.40. The Bertz CT molecular complexity index is 681. The van der Waals surface area contributed by atoms with Gasteiger partial charge in [-0.05, 0) is 30.7 Å². The van der Waals surface area contributed by atoms with Crippen molar-refractivity contribution >= 4 is 17.4 Å². The Morgan fingerprint density at radius 3 is 3.21 bits per heavy atom. The van der Waals surface area contributed by atoms with Crippen LogP contribution >= 0.6 is 11.3 Å². The number of hydrogen-bond donors (Lipinski definition) is 1. The first-order chi connectivity index (χ1) is 11.8. The number of aromatic nitrogens is 2. The van der Waals surface area contributed by atoms with E-state index in [0.717, 1.165) is 30.7 Å². The van der Waals surface area contributed by atoms with Crippen LogP contribution in [0, 0.1) is 0 Å². The molecular formula is C16H20N4O3S. The van der Waals surface area contributed by atoms with Crippen molar-refractivity contribution in [3.8, 4) is 10.8 Å². The van der Waals surface area contributed by atoms with E-state index in [1.807, 2.05) is 22.4 Å². The Labute approximate surface area is 144 Å². The van der Waals surface area contributed by atoms with Crippen molar-refractivity contribution in [1.82, 2.24) is 20.4 Å². The molecule has 24 heavy (non-hydrogen) atoms. The fourth-order valence-corrected chi connectivity index (χ4v) is 3.82. The molecule has 0 unspecified atom stereocenters. The summed E-state index contributed by atoms with van der Waals surface area (Å²) in [5, 5.41) is 9.05. The van der Waals surface area contributed by atoms with Crippen LogP contribution in [0.2, 0.25) is 0 Å². The summed E-state index contributed by atoms with van der Waals surface area (Å²) in [4.78, 5) is 19.5. The van der Waals surface area contributed by atoms with Gasteiger partial charge in [0, 0.05) is 32.2 Å². The minimum atomic E-state index is -0.0324. The normalized spacial score (nSPS) is 23.8. The summed E-state index contributed by atoms with van der Waals surface area (Å²) in [7, 11) is 0. The Kier molecular flexibility index (Phi) is 4.48.